The summed E-state index contributed by atoms with van der Waals surface area (Å²) in [6, 6.07) is 12.2. The number of likely N-dealkylation sites (N-methyl/N-ethyl adjacent to an activating group) is 1. The summed E-state index contributed by atoms with van der Waals surface area (Å²) in [6.45, 7) is 4.06. The van der Waals surface area contributed by atoms with Crippen molar-refractivity contribution in [3.63, 3.8) is 0 Å². The highest BCUT2D eigenvalue weighted by atomic mass is 127. The maximum atomic E-state index is 12.3. The normalized spacial score (nSPS) is 14.5. The van der Waals surface area contributed by atoms with Crippen LogP contribution in [0.1, 0.15) is 19.4 Å². The fourth-order valence-electron chi connectivity index (χ4n) is 2.96. The maximum absolute atomic E-state index is 12.3. The minimum Gasteiger partial charge on any atom is -0.490 e. The maximum Gasteiger partial charge on any atom is 0.328 e. The first kappa shape index (κ1) is 22.6. The van der Waals surface area contributed by atoms with Crippen LogP contribution >= 0.6 is 22.6 Å². The molecule has 0 aromatic heterocycles. The number of para-hydroxylation sites is 1. The van der Waals surface area contributed by atoms with Crippen LogP contribution in [0.15, 0.2) is 48.2 Å². The van der Waals surface area contributed by atoms with Gasteiger partial charge in [-0.1, -0.05) is 18.2 Å². The zero-order valence-corrected chi connectivity index (χ0v) is 19.3. The van der Waals surface area contributed by atoms with Gasteiger partial charge in [0.25, 0.3) is 11.8 Å². The third-order valence-corrected chi connectivity index (χ3v) is 5.13. The lowest BCUT2D eigenvalue weighted by atomic mass is 10.1. The Morgan fingerprint density at radius 1 is 1.16 bits per heavy atom. The standard InChI is InChI=1S/C22H22IN3O5/c1-3-26-21(28)17(25-22(26)29)11-14-10-16(23)20(18(12-14)30-4-2)31-13-19(27)24-15-8-6-5-7-9-15/h5-12H,3-4,13H2,1-2H3,(H,24,27)(H,25,29)/b17-11+. The predicted octanol–water partition coefficient (Wildman–Crippen LogP) is 3.62. The van der Waals surface area contributed by atoms with Crippen molar-refractivity contribution in [1.82, 2.24) is 10.2 Å². The van der Waals surface area contributed by atoms with Gasteiger partial charge in [-0.25, -0.2) is 4.79 Å². The summed E-state index contributed by atoms with van der Waals surface area (Å²) < 4.78 is 12.1. The molecule has 2 aromatic rings. The summed E-state index contributed by atoms with van der Waals surface area (Å²) in [5.74, 6) is 0.204. The second-order valence-electron chi connectivity index (χ2n) is 6.50. The van der Waals surface area contributed by atoms with Crippen LogP contribution < -0.4 is 20.1 Å². The van der Waals surface area contributed by atoms with E-state index in [2.05, 4.69) is 33.2 Å². The average molecular weight is 535 g/mol. The fourth-order valence-corrected chi connectivity index (χ4v) is 3.74. The first-order valence-corrected chi connectivity index (χ1v) is 10.8. The zero-order valence-electron chi connectivity index (χ0n) is 17.1. The van der Waals surface area contributed by atoms with E-state index in [0.29, 0.717) is 39.5 Å². The number of ether oxygens (including phenoxy) is 2. The van der Waals surface area contributed by atoms with Gasteiger partial charge in [-0.05, 0) is 72.3 Å². The van der Waals surface area contributed by atoms with Crippen molar-refractivity contribution in [1.29, 1.82) is 0 Å². The van der Waals surface area contributed by atoms with E-state index in [9.17, 15) is 14.4 Å². The minimum absolute atomic E-state index is 0.189. The first-order chi connectivity index (χ1) is 14.9. The number of urea groups is 1. The van der Waals surface area contributed by atoms with Crippen LogP contribution in [0.25, 0.3) is 6.08 Å². The molecule has 0 spiro atoms. The molecule has 0 aliphatic carbocycles. The highest BCUT2D eigenvalue weighted by Crippen LogP contribution is 2.35. The van der Waals surface area contributed by atoms with Crippen molar-refractivity contribution < 1.29 is 23.9 Å². The molecule has 2 N–H and O–H groups in total. The summed E-state index contributed by atoms with van der Waals surface area (Å²) in [6.07, 6.45) is 1.59. The number of carbonyl (C=O) groups is 3. The molecule has 162 valence electrons. The molecular formula is C22H22IN3O5. The molecule has 3 rings (SSSR count). The Kier molecular flexibility index (Phi) is 7.50. The number of nitrogens with zero attached hydrogens (tertiary/aromatic N) is 1. The number of hydrogen-bond acceptors (Lipinski definition) is 5. The Bertz CT molecular complexity index is 1020. The lowest BCUT2D eigenvalue weighted by Crippen LogP contribution is -2.30. The fraction of sp³-hybridized carbons (Fsp3) is 0.227. The number of imide groups is 1. The third kappa shape index (κ3) is 5.54. The Hall–Kier alpha value is -3.08. The number of rotatable bonds is 8. The molecule has 31 heavy (non-hydrogen) atoms. The van der Waals surface area contributed by atoms with Gasteiger partial charge in [-0.2, -0.15) is 0 Å². The second kappa shape index (κ2) is 10.3. The molecule has 0 saturated carbocycles. The van der Waals surface area contributed by atoms with Crippen molar-refractivity contribution in [3.05, 3.63) is 57.3 Å². The number of anilines is 1. The molecule has 0 atom stereocenters. The Labute approximate surface area is 193 Å². The van der Waals surface area contributed by atoms with Crippen molar-refractivity contribution >= 4 is 52.2 Å². The van der Waals surface area contributed by atoms with Crippen LogP contribution in [0.2, 0.25) is 0 Å². The van der Waals surface area contributed by atoms with Crippen LogP contribution in [0.4, 0.5) is 10.5 Å². The molecule has 0 bridgehead atoms. The summed E-state index contributed by atoms with van der Waals surface area (Å²) in [5, 5.41) is 5.34. The topological polar surface area (TPSA) is 97.0 Å². The first-order valence-electron chi connectivity index (χ1n) is 9.71. The van der Waals surface area contributed by atoms with Gasteiger partial charge in [0.15, 0.2) is 18.1 Å². The van der Waals surface area contributed by atoms with E-state index < -0.39 is 6.03 Å². The van der Waals surface area contributed by atoms with Gasteiger partial charge in [-0.3, -0.25) is 14.5 Å². The van der Waals surface area contributed by atoms with E-state index in [1.807, 2.05) is 25.1 Å². The smallest absolute Gasteiger partial charge is 0.328 e. The SMILES string of the molecule is CCOc1cc(/C=C2/NC(=O)N(CC)C2=O)cc(I)c1OCC(=O)Nc1ccccc1. The molecule has 8 nitrogen and oxygen atoms in total. The molecule has 4 amide bonds. The van der Waals surface area contributed by atoms with Crippen molar-refractivity contribution in [2.45, 2.75) is 13.8 Å². The van der Waals surface area contributed by atoms with Gasteiger partial charge < -0.3 is 20.1 Å². The number of benzene rings is 2. The summed E-state index contributed by atoms with van der Waals surface area (Å²) in [4.78, 5) is 37.5. The third-order valence-electron chi connectivity index (χ3n) is 4.33. The molecule has 0 unspecified atom stereocenters. The molecule has 0 radical (unpaired) electrons. The minimum atomic E-state index is -0.442. The Morgan fingerprint density at radius 2 is 1.90 bits per heavy atom. The molecular weight excluding hydrogens is 513 g/mol. The van der Waals surface area contributed by atoms with Gasteiger partial charge in [0, 0.05) is 12.2 Å². The lowest BCUT2D eigenvalue weighted by Gasteiger charge is -2.15. The van der Waals surface area contributed by atoms with Crippen LogP contribution in [0.3, 0.4) is 0 Å². The molecule has 1 heterocycles. The quantitative estimate of drug-likeness (QED) is 0.306. The van der Waals surface area contributed by atoms with Gasteiger partial charge in [-0.15, -0.1) is 0 Å². The van der Waals surface area contributed by atoms with Crippen LogP contribution in [-0.2, 0) is 9.59 Å². The van der Waals surface area contributed by atoms with Crippen molar-refractivity contribution in [3.8, 4) is 11.5 Å². The van der Waals surface area contributed by atoms with E-state index in [1.54, 1.807) is 37.3 Å². The van der Waals surface area contributed by atoms with Crippen LogP contribution in [0.5, 0.6) is 11.5 Å². The van der Waals surface area contributed by atoms with Crippen molar-refractivity contribution in [2.24, 2.45) is 0 Å². The molecule has 9 heteroatoms. The van der Waals surface area contributed by atoms with Crippen LogP contribution in [-0.4, -0.2) is 42.5 Å². The second-order valence-corrected chi connectivity index (χ2v) is 7.67. The van der Waals surface area contributed by atoms with Gasteiger partial charge in [0.2, 0.25) is 0 Å². The highest BCUT2D eigenvalue weighted by molar-refractivity contribution is 14.1. The highest BCUT2D eigenvalue weighted by Gasteiger charge is 2.32. The summed E-state index contributed by atoms with van der Waals surface area (Å²) in [7, 11) is 0. The molecule has 2 aromatic carbocycles. The van der Waals surface area contributed by atoms with Gasteiger partial charge >= 0.3 is 6.03 Å². The Balaban J connectivity index is 1.77. The Morgan fingerprint density at radius 3 is 2.55 bits per heavy atom. The largest absolute Gasteiger partial charge is 0.490 e. The van der Waals surface area contributed by atoms with Crippen LogP contribution in [0, 0.1) is 3.57 Å². The number of amides is 4. The van der Waals surface area contributed by atoms with Crippen molar-refractivity contribution in [2.75, 3.05) is 25.1 Å². The van der Waals surface area contributed by atoms with E-state index in [1.165, 1.54) is 0 Å². The lowest BCUT2D eigenvalue weighted by molar-refractivity contribution is -0.122. The van der Waals surface area contributed by atoms with E-state index >= 15 is 0 Å². The van der Waals surface area contributed by atoms with E-state index in [-0.39, 0.29) is 24.1 Å². The van der Waals surface area contributed by atoms with Gasteiger partial charge in [0.1, 0.15) is 5.70 Å². The zero-order chi connectivity index (χ0) is 22.4. The molecule has 1 aliphatic rings. The number of carbonyl (C=O) groups excluding carboxylic acids is 3. The number of halogens is 1. The predicted molar refractivity (Wildman–Crippen MR) is 125 cm³/mol. The number of hydrogen-bond donors (Lipinski definition) is 2. The van der Waals surface area contributed by atoms with Gasteiger partial charge in [0.05, 0.1) is 10.2 Å². The van der Waals surface area contributed by atoms with E-state index in [0.717, 1.165) is 4.90 Å². The monoisotopic (exact) mass is 535 g/mol. The molecule has 1 fully saturated rings. The number of nitrogens with one attached hydrogen (secondary N) is 2. The summed E-state index contributed by atoms with van der Waals surface area (Å²) >= 11 is 2.08. The molecule has 1 aliphatic heterocycles. The molecule has 1 saturated heterocycles. The average Bonchev–Trinajstić information content (AvgIpc) is 3.00. The van der Waals surface area contributed by atoms with E-state index in [4.69, 9.17) is 9.47 Å². The summed E-state index contributed by atoms with van der Waals surface area (Å²) in [5.41, 5.74) is 1.54.